The molecule has 3 rings (SSSR count). The molecule has 2 unspecified atom stereocenters. The van der Waals surface area contributed by atoms with Crippen molar-refractivity contribution >= 4 is 11.6 Å². The highest BCUT2D eigenvalue weighted by molar-refractivity contribution is 6.31. The molecule has 3 nitrogen and oxygen atoms in total. The molecule has 1 aromatic carbocycles. The third-order valence-electron chi connectivity index (χ3n) is 4.15. The lowest BCUT2D eigenvalue weighted by Gasteiger charge is -2.24. The van der Waals surface area contributed by atoms with Gasteiger partial charge in [0, 0.05) is 36.3 Å². The second-order valence-corrected chi connectivity index (χ2v) is 5.80. The fourth-order valence-electron chi connectivity index (χ4n) is 3.19. The van der Waals surface area contributed by atoms with Crippen LogP contribution in [0, 0.1) is 5.92 Å². The largest absolute Gasteiger partial charge is 0.508 e. The first kappa shape index (κ1) is 12.3. The van der Waals surface area contributed by atoms with Gasteiger partial charge in [-0.25, -0.2) is 0 Å². The number of hydrogen-bond acceptors (Lipinski definition) is 3. The van der Waals surface area contributed by atoms with Crippen molar-refractivity contribution < 1.29 is 5.11 Å². The third-order valence-corrected chi connectivity index (χ3v) is 4.50. The number of fused-ring (bicyclic) bond motifs is 1. The Balaban J connectivity index is 1.70. The molecule has 0 spiro atoms. The summed E-state index contributed by atoms with van der Waals surface area (Å²) in [4.78, 5) is 2.40. The predicted octanol–water partition coefficient (Wildman–Crippen LogP) is 2.23. The quantitative estimate of drug-likeness (QED) is 0.862. The van der Waals surface area contributed by atoms with Crippen LogP contribution in [0.25, 0.3) is 0 Å². The van der Waals surface area contributed by atoms with Crippen LogP contribution in [-0.2, 0) is 6.54 Å². The number of aromatic hydroxyl groups is 1. The molecule has 2 saturated heterocycles. The number of benzene rings is 1. The molecule has 2 heterocycles. The van der Waals surface area contributed by atoms with E-state index in [9.17, 15) is 5.11 Å². The molecular formula is C14H19ClN2O. The molecule has 2 N–H and O–H groups in total. The van der Waals surface area contributed by atoms with Gasteiger partial charge in [-0.1, -0.05) is 17.7 Å². The lowest BCUT2D eigenvalue weighted by atomic mass is 9.94. The average molecular weight is 267 g/mol. The number of nitrogens with zero attached hydrogens (tertiary/aromatic N) is 1. The Morgan fingerprint density at radius 3 is 3.06 bits per heavy atom. The first-order valence-corrected chi connectivity index (χ1v) is 7.04. The van der Waals surface area contributed by atoms with Gasteiger partial charge < -0.3 is 10.4 Å². The maximum absolute atomic E-state index is 9.88. The van der Waals surface area contributed by atoms with Gasteiger partial charge in [0.25, 0.3) is 0 Å². The molecule has 2 aliphatic heterocycles. The Kier molecular flexibility index (Phi) is 3.46. The van der Waals surface area contributed by atoms with Crippen LogP contribution in [0.1, 0.15) is 18.4 Å². The zero-order valence-electron chi connectivity index (χ0n) is 10.4. The minimum Gasteiger partial charge on any atom is -0.508 e. The van der Waals surface area contributed by atoms with Gasteiger partial charge in [-0.3, -0.25) is 4.90 Å². The first-order chi connectivity index (χ1) is 8.74. The second kappa shape index (κ2) is 5.08. The number of rotatable bonds is 2. The molecule has 0 aromatic heterocycles. The van der Waals surface area contributed by atoms with E-state index >= 15 is 0 Å². The summed E-state index contributed by atoms with van der Waals surface area (Å²) in [5.41, 5.74) is 0.859. The van der Waals surface area contributed by atoms with Gasteiger partial charge in [-0.2, -0.15) is 0 Å². The van der Waals surface area contributed by atoms with Crippen LogP contribution >= 0.6 is 11.6 Å². The van der Waals surface area contributed by atoms with E-state index in [1.807, 2.05) is 6.07 Å². The van der Waals surface area contributed by atoms with Crippen LogP contribution in [0.2, 0.25) is 5.02 Å². The van der Waals surface area contributed by atoms with Gasteiger partial charge >= 0.3 is 0 Å². The van der Waals surface area contributed by atoms with E-state index in [0.717, 1.165) is 37.7 Å². The molecule has 0 radical (unpaired) electrons. The zero-order valence-corrected chi connectivity index (χ0v) is 11.2. The number of phenolic OH excluding ortho intramolecular Hbond substituents is 1. The van der Waals surface area contributed by atoms with Crippen LogP contribution in [0.4, 0.5) is 0 Å². The van der Waals surface area contributed by atoms with E-state index in [4.69, 9.17) is 11.6 Å². The Morgan fingerprint density at radius 2 is 2.28 bits per heavy atom. The van der Waals surface area contributed by atoms with Crippen LogP contribution < -0.4 is 5.32 Å². The minimum absolute atomic E-state index is 0.310. The molecule has 1 aromatic rings. The lowest BCUT2D eigenvalue weighted by molar-refractivity contribution is 0.307. The van der Waals surface area contributed by atoms with Crippen molar-refractivity contribution in [2.75, 3.05) is 19.6 Å². The van der Waals surface area contributed by atoms with Gasteiger partial charge in [-0.05, 0) is 37.4 Å². The Labute approximate surface area is 113 Å². The smallest absolute Gasteiger partial charge is 0.121 e. The van der Waals surface area contributed by atoms with Crippen molar-refractivity contribution in [1.29, 1.82) is 0 Å². The van der Waals surface area contributed by atoms with Gasteiger partial charge in [0.1, 0.15) is 5.75 Å². The number of halogens is 1. The molecular weight excluding hydrogens is 248 g/mol. The first-order valence-electron chi connectivity index (χ1n) is 6.66. The highest BCUT2D eigenvalue weighted by atomic mass is 35.5. The summed E-state index contributed by atoms with van der Waals surface area (Å²) in [6, 6.07) is 5.97. The fraction of sp³-hybridized carbons (Fsp3) is 0.571. The lowest BCUT2D eigenvalue weighted by Crippen LogP contribution is -2.40. The Bertz CT molecular complexity index is 404. The van der Waals surface area contributed by atoms with Crippen LogP contribution in [0.3, 0.4) is 0 Å². The molecule has 18 heavy (non-hydrogen) atoms. The Morgan fingerprint density at radius 1 is 1.39 bits per heavy atom. The topological polar surface area (TPSA) is 35.5 Å². The maximum atomic E-state index is 9.88. The van der Waals surface area contributed by atoms with Crippen LogP contribution in [0.15, 0.2) is 18.2 Å². The SMILES string of the molecule is Oc1cccc(Cl)c1CN1CC2CCCNC2C1. The average Bonchev–Trinajstić information content (AvgIpc) is 2.76. The van der Waals surface area contributed by atoms with Crippen molar-refractivity contribution in [3.63, 3.8) is 0 Å². The number of hydrogen-bond donors (Lipinski definition) is 2. The monoisotopic (exact) mass is 266 g/mol. The van der Waals surface area contributed by atoms with E-state index < -0.39 is 0 Å². The molecule has 98 valence electrons. The van der Waals surface area contributed by atoms with Crippen molar-refractivity contribution in [2.24, 2.45) is 5.92 Å². The summed E-state index contributed by atoms with van der Waals surface area (Å²) < 4.78 is 0. The summed E-state index contributed by atoms with van der Waals surface area (Å²) >= 11 is 6.16. The highest BCUT2D eigenvalue weighted by Gasteiger charge is 2.34. The molecule has 0 aliphatic carbocycles. The van der Waals surface area contributed by atoms with Crippen molar-refractivity contribution in [1.82, 2.24) is 10.2 Å². The normalized spacial score (nSPS) is 28.3. The molecule has 0 amide bonds. The maximum Gasteiger partial charge on any atom is 0.121 e. The number of phenols is 1. The summed E-state index contributed by atoms with van der Waals surface area (Å²) in [7, 11) is 0. The van der Waals surface area contributed by atoms with Gasteiger partial charge in [0.2, 0.25) is 0 Å². The molecule has 4 heteroatoms. The third kappa shape index (κ3) is 2.35. The summed E-state index contributed by atoms with van der Waals surface area (Å²) in [5, 5.41) is 14.1. The fourth-order valence-corrected chi connectivity index (χ4v) is 3.42. The van der Waals surface area contributed by atoms with Gasteiger partial charge in [-0.15, -0.1) is 0 Å². The van der Waals surface area contributed by atoms with Crippen LogP contribution in [0.5, 0.6) is 5.75 Å². The molecule has 2 atom stereocenters. The molecule has 0 saturated carbocycles. The summed E-state index contributed by atoms with van der Waals surface area (Å²) in [6.07, 6.45) is 2.61. The molecule has 2 fully saturated rings. The van der Waals surface area contributed by atoms with Crippen molar-refractivity contribution in [3.05, 3.63) is 28.8 Å². The van der Waals surface area contributed by atoms with E-state index in [2.05, 4.69) is 10.2 Å². The van der Waals surface area contributed by atoms with Gasteiger partial charge in [0.05, 0.1) is 0 Å². The van der Waals surface area contributed by atoms with E-state index in [0.29, 0.717) is 16.8 Å². The number of nitrogens with one attached hydrogen (secondary N) is 1. The predicted molar refractivity (Wildman–Crippen MR) is 72.9 cm³/mol. The molecule has 2 aliphatic rings. The standard InChI is InChI=1S/C14H19ClN2O/c15-12-4-1-5-14(18)11(12)8-17-7-10-3-2-6-16-13(10)9-17/h1,4-5,10,13,16,18H,2-3,6-9H2. The number of piperidine rings is 1. The number of likely N-dealkylation sites (tertiary alicyclic amines) is 1. The van der Waals surface area contributed by atoms with E-state index in [-0.39, 0.29) is 0 Å². The summed E-state index contributed by atoms with van der Waals surface area (Å²) in [6.45, 7) is 4.07. The Hall–Kier alpha value is -0.770. The molecule has 0 bridgehead atoms. The zero-order chi connectivity index (χ0) is 12.5. The highest BCUT2D eigenvalue weighted by Crippen LogP contribution is 2.30. The van der Waals surface area contributed by atoms with Gasteiger partial charge in [0.15, 0.2) is 0 Å². The van der Waals surface area contributed by atoms with Crippen molar-refractivity contribution in [3.8, 4) is 5.75 Å². The second-order valence-electron chi connectivity index (χ2n) is 5.39. The van der Waals surface area contributed by atoms with E-state index in [1.54, 1.807) is 12.1 Å². The van der Waals surface area contributed by atoms with Crippen LogP contribution in [-0.4, -0.2) is 35.7 Å². The minimum atomic E-state index is 0.310. The van der Waals surface area contributed by atoms with Crippen molar-refractivity contribution in [2.45, 2.75) is 25.4 Å². The summed E-state index contributed by atoms with van der Waals surface area (Å²) in [5.74, 6) is 1.08. The van der Waals surface area contributed by atoms with E-state index in [1.165, 1.54) is 12.8 Å².